The maximum absolute atomic E-state index is 14.9. The molecule has 6 rings (SSSR count). The first-order chi connectivity index (χ1) is 24.5. The summed E-state index contributed by atoms with van der Waals surface area (Å²) in [6.45, 7) is 11.1. The predicted octanol–water partition coefficient (Wildman–Crippen LogP) is 6.16. The molecule has 274 valence electrons. The van der Waals surface area contributed by atoms with Gasteiger partial charge in [-0.25, -0.2) is 18.7 Å². The van der Waals surface area contributed by atoms with Gasteiger partial charge < -0.3 is 19.1 Å². The summed E-state index contributed by atoms with van der Waals surface area (Å²) in [6, 6.07) is 9.36. The monoisotopic (exact) mass is 725 g/mol. The number of ether oxygens (including phenoxy) is 1. The lowest BCUT2D eigenvalue weighted by molar-refractivity contribution is 0.139. The van der Waals surface area contributed by atoms with Gasteiger partial charge in [0.2, 0.25) is 5.95 Å². The van der Waals surface area contributed by atoms with Crippen LogP contribution >= 0.6 is 0 Å². The van der Waals surface area contributed by atoms with E-state index in [4.69, 9.17) is 13.5 Å². The molecule has 4 heterocycles. The fourth-order valence-electron chi connectivity index (χ4n) is 6.70. The van der Waals surface area contributed by atoms with Gasteiger partial charge in [-0.3, -0.25) is 0 Å². The third kappa shape index (κ3) is 9.00. The maximum Gasteiger partial charge on any atom is 0.324 e. The molecule has 3 atom stereocenters. The van der Waals surface area contributed by atoms with E-state index in [2.05, 4.69) is 37.4 Å². The van der Waals surface area contributed by atoms with Gasteiger partial charge >= 0.3 is 16.1 Å². The molecule has 0 saturated carbocycles. The molecule has 0 bridgehead atoms. The molecule has 0 spiro atoms. The van der Waals surface area contributed by atoms with E-state index in [1.54, 1.807) is 24.5 Å². The normalized spacial score (nSPS) is 19.4. The van der Waals surface area contributed by atoms with Gasteiger partial charge in [0.25, 0.3) is 0 Å². The van der Waals surface area contributed by atoms with Crippen LogP contribution in [0.5, 0.6) is 5.75 Å². The van der Waals surface area contributed by atoms with Crippen molar-refractivity contribution >= 4 is 22.1 Å². The quantitative estimate of drug-likeness (QED) is 0.158. The number of anilines is 2. The van der Waals surface area contributed by atoms with Crippen LogP contribution in [0.3, 0.4) is 0 Å². The Bertz CT molecular complexity index is 1850. The van der Waals surface area contributed by atoms with Crippen LogP contribution in [0.1, 0.15) is 75.2 Å². The summed E-state index contributed by atoms with van der Waals surface area (Å²) < 4.78 is 71.8. The lowest BCUT2D eigenvalue weighted by Gasteiger charge is -2.38. The Morgan fingerprint density at radius 3 is 2.37 bits per heavy atom. The van der Waals surface area contributed by atoms with Crippen LogP contribution in [0.15, 0.2) is 64.3 Å². The van der Waals surface area contributed by atoms with Crippen molar-refractivity contribution in [3.63, 3.8) is 0 Å². The predicted molar refractivity (Wildman–Crippen MR) is 187 cm³/mol. The van der Waals surface area contributed by atoms with Gasteiger partial charge in [0.15, 0.2) is 11.6 Å². The first kappa shape index (κ1) is 36.6. The van der Waals surface area contributed by atoms with Crippen molar-refractivity contribution in [1.82, 2.24) is 25.6 Å². The molecule has 1 N–H and O–H groups in total. The van der Waals surface area contributed by atoms with Gasteiger partial charge in [-0.15, -0.1) is 0 Å². The van der Waals surface area contributed by atoms with Crippen molar-refractivity contribution in [2.24, 2.45) is 11.8 Å². The van der Waals surface area contributed by atoms with Crippen molar-refractivity contribution in [3.05, 3.63) is 83.4 Å². The third-order valence-corrected chi connectivity index (χ3v) is 11.1. The highest BCUT2D eigenvalue weighted by Gasteiger charge is 2.35. The molecule has 2 unspecified atom stereocenters. The molecule has 2 aromatic heterocycles. The number of aryl methyl sites for hydroxylation is 1. The molecule has 2 fully saturated rings. The summed E-state index contributed by atoms with van der Waals surface area (Å²) in [5.41, 5.74) is 3.68. The van der Waals surface area contributed by atoms with Crippen molar-refractivity contribution in [1.29, 1.82) is 0 Å². The van der Waals surface area contributed by atoms with E-state index in [-0.39, 0.29) is 22.9 Å². The Hall–Kier alpha value is -4.21. The summed E-state index contributed by atoms with van der Waals surface area (Å²) >= 11 is 0. The Labute approximate surface area is 297 Å². The molecule has 2 aliphatic heterocycles. The van der Waals surface area contributed by atoms with Crippen LogP contribution in [-0.4, -0.2) is 67.4 Å². The minimum absolute atomic E-state index is 0.0268. The zero-order valence-electron chi connectivity index (χ0n) is 29.3. The minimum atomic E-state index is -4.18. The number of piperidine rings is 2. The van der Waals surface area contributed by atoms with Crippen molar-refractivity contribution in [2.75, 3.05) is 42.6 Å². The Kier molecular flexibility index (Phi) is 11.5. The van der Waals surface area contributed by atoms with Gasteiger partial charge in [0.1, 0.15) is 11.6 Å². The summed E-state index contributed by atoms with van der Waals surface area (Å²) in [7, 11) is -4.18. The highest BCUT2D eigenvalue weighted by molar-refractivity contribution is 7.86. The van der Waals surface area contributed by atoms with Crippen LogP contribution < -0.4 is 20.0 Å². The standard InChI is InChI=1S/C36H45F2N7O5S/c1-23(2)34-41-36(49-43-34)44-15-11-26(12-16-44)25(4)14-18-48-28-20-39-35(40-21-28)45-17-13-30(31-19-27(37)7-10-32(31)38)33(22-45)42-50-51(46,47)29-8-5-24(3)6-9-29/h5-10,19-21,23,25-26,30,33,42H,11-18,22H2,1-4H3/t25-,30?,33?/m1/s1. The number of benzene rings is 2. The smallest absolute Gasteiger partial charge is 0.324 e. The molecule has 2 aliphatic rings. The number of nitrogens with one attached hydrogen (secondary N) is 1. The molecule has 2 aromatic carbocycles. The van der Waals surface area contributed by atoms with Gasteiger partial charge in [0.05, 0.1) is 29.9 Å². The average Bonchev–Trinajstić information content (AvgIpc) is 3.64. The average molecular weight is 726 g/mol. The van der Waals surface area contributed by atoms with Gasteiger partial charge in [0, 0.05) is 38.0 Å². The molecule has 0 aliphatic carbocycles. The fourth-order valence-corrected chi connectivity index (χ4v) is 7.51. The fraction of sp³-hybridized carbons (Fsp3) is 0.500. The first-order valence-electron chi connectivity index (χ1n) is 17.5. The van der Waals surface area contributed by atoms with Crippen LogP contribution in [0, 0.1) is 30.4 Å². The molecule has 2 saturated heterocycles. The van der Waals surface area contributed by atoms with E-state index >= 15 is 0 Å². The number of hydrogen-bond acceptors (Lipinski definition) is 12. The molecule has 12 nitrogen and oxygen atoms in total. The third-order valence-electron chi connectivity index (χ3n) is 9.89. The summed E-state index contributed by atoms with van der Waals surface area (Å²) in [4.78, 5) is 17.5. The topological polar surface area (TPSA) is 136 Å². The van der Waals surface area contributed by atoms with Gasteiger partial charge in [-0.05, 0) is 80.3 Å². The second kappa shape index (κ2) is 16.0. The first-order valence-corrected chi connectivity index (χ1v) is 18.9. The van der Waals surface area contributed by atoms with Crippen LogP contribution in [0.25, 0.3) is 0 Å². The highest BCUT2D eigenvalue weighted by atomic mass is 32.2. The van der Waals surface area contributed by atoms with Gasteiger partial charge in [-0.1, -0.05) is 43.6 Å². The Morgan fingerprint density at radius 1 is 0.980 bits per heavy atom. The highest BCUT2D eigenvalue weighted by Crippen LogP contribution is 2.33. The van der Waals surface area contributed by atoms with E-state index in [9.17, 15) is 17.2 Å². The zero-order valence-corrected chi connectivity index (χ0v) is 30.2. The van der Waals surface area contributed by atoms with Crippen LogP contribution in [0.4, 0.5) is 20.7 Å². The molecular weight excluding hydrogens is 681 g/mol. The Balaban J connectivity index is 1.03. The SMILES string of the molecule is Cc1ccc(S(=O)(=O)ONC2CN(c3ncc(OCC[C@@H](C)C4CCN(c5nc(C(C)C)no5)CC4)cn3)CCC2c2cc(F)ccc2F)cc1. The lowest BCUT2D eigenvalue weighted by Crippen LogP contribution is -2.51. The van der Waals surface area contributed by atoms with Crippen molar-refractivity contribution < 1.29 is 30.7 Å². The van der Waals surface area contributed by atoms with E-state index in [1.807, 2.05) is 25.7 Å². The number of halogens is 2. The van der Waals surface area contributed by atoms with E-state index in [0.29, 0.717) is 49.1 Å². The minimum Gasteiger partial charge on any atom is -0.490 e. The molecule has 4 aromatic rings. The number of hydrogen-bond donors (Lipinski definition) is 1. The van der Waals surface area contributed by atoms with E-state index < -0.39 is 33.7 Å². The van der Waals surface area contributed by atoms with Crippen molar-refractivity contribution in [2.45, 2.75) is 76.2 Å². The molecule has 51 heavy (non-hydrogen) atoms. The van der Waals surface area contributed by atoms with Crippen LogP contribution in [0.2, 0.25) is 0 Å². The molecule has 15 heteroatoms. The van der Waals surface area contributed by atoms with Crippen molar-refractivity contribution in [3.8, 4) is 5.75 Å². The number of nitrogens with zero attached hydrogens (tertiary/aromatic N) is 6. The lowest BCUT2D eigenvalue weighted by atomic mass is 9.84. The summed E-state index contributed by atoms with van der Waals surface area (Å²) in [5.74, 6) is 1.18. The van der Waals surface area contributed by atoms with E-state index in [0.717, 1.165) is 61.9 Å². The van der Waals surface area contributed by atoms with Crippen LogP contribution in [-0.2, 0) is 14.4 Å². The second-order valence-corrected chi connectivity index (χ2v) is 15.4. The second-order valence-electron chi connectivity index (χ2n) is 13.8. The van der Waals surface area contributed by atoms with E-state index in [1.165, 1.54) is 12.1 Å². The molecular formula is C36H45F2N7O5S. The number of rotatable bonds is 13. The zero-order chi connectivity index (χ0) is 36.1. The molecule has 0 amide bonds. The number of hydroxylamine groups is 1. The van der Waals surface area contributed by atoms with Gasteiger partial charge in [-0.2, -0.15) is 23.2 Å². The largest absolute Gasteiger partial charge is 0.490 e. The maximum atomic E-state index is 14.9. The summed E-state index contributed by atoms with van der Waals surface area (Å²) in [6.07, 6.45) is 6.55. The molecule has 0 radical (unpaired) electrons. The Morgan fingerprint density at radius 2 is 1.69 bits per heavy atom. The summed E-state index contributed by atoms with van der Waals surface area (Å²) in [5, 5.41) is 4.09. The number of aromatic nitrogens is 4.